The van der Waals surface area contributed by atoms with Crippen molar-refractivity contribution < 1.29 is 0 Å². The molecule has 2 aromatic rings. The fourth-order valence-electron chi connectivity index (χ4n) is 1.15. The van der Waals surface area contributed by atoms with Gasteiger partial charge in [0.1, 0.15) is 5.52 Å². The summed E-state index contributed by atoms with van der Waals surface area (Å²) < 4.78 is 0. The van der Waals surface area contributed by atoms with Crippen molar-refractivity contribution in [3.63, 3.8) is 0 Å². The van der Waals surface area contributed by atoms with E-state index in [1.54, 1.807) is 0 Å². The molecule has 0 spiro atoms. The van der Waals surface area contributed by atoms with Crippen LogP contribution in [0.3, 0.4) is 0 Å². The Hall–Kier alpha value is -1.07. The largest absolute Gasteiger partial charge is 0.361 e. The second-order valence-corrected chi connectivity index (χ2v) is 3.63. The zero-order chi connectivity index (χ0) is 10.3. The lowest BCUT2D eigenvalue weighted by atomic mass is 10.5. The van der Waals surface area contributed by atoms with Gasteiger partial charge in [0.15, 0.2) is 11.5 Å². The van der Waals surface area contributed by atoms with Gasteiger partial charge in [-0.15, -0.1) is 0 Å². The molecule has 0 amide bonds. The number of halogens is 2. The van der Waals surface area contributed by atoms with Crippen molar-refractivity contribution in [1.82, 2.24) is 19.9 Å². The van der Waals surface area contributed by atoms with Crippen LogP contribution in [0.2, 0.25) is 10.6 Å². The summed E-state index contributed by atoms with van der Waals surface area (Å²) in [6.07, 6.45) is 0. The lowest BCUT2D eigenvalue weighted by Gasteiger charge is -2.10. The second-order valence-electron chi connectivity index (χ2n) is 2.94. The molecule has 2 aromatic heterocycles. The third-order valence-corrected chi connectivity index (χ3v) is 2.05. The zero-order valence-electron chi connectivity index (χ0n) is 7.54. The maximum atomic E-state index is 5.73. The molecule has 0 radical (unpaired) electrons. The lowest BCUT2D eigenvalue weighted by Crippen LogP contribution is -2.11. The van der Waals surface area contributed by atoms with Crippen molar-refractivity contribution in [3.05, 3.63) is 10.6 Å². The van der Waals surface area contributed by atoms with Gasteiger partial charge in [-0.3, -0.25) is 0 Å². The summed E-state index contributed by atoms with van der Waals surface area (Å²) >= 11 is 11.4. The molecule has 0 aliphatic heterocycles. The normalized spacial score (nSPS) is 10.9. The number of hydrogen-bond donors (Lipinski definition) is 1. The predicted octanol–water partition coefficient (Wildman–Crippen LogP) is 1.73. The van der Waals surface area contributed by atoms with Gasteiger partial charge in [-0.25, -0.2) is 0 Å². The molecule has 0 aromatic carbocycles. The van der Waals surface area contributed by atoms with Crippen LogP contribution in [0.4, 0.5) is 5.82 Å². The molecule has 0 bridgehead atoms. The summed E-state index contributed by atoms with van der Waals surface area (Å²) in [5.41, 5.74) is 1.16. The highest BCUT2D eigenvalue weighted by atomic mass is 35.5. The number of anilines is 1. The number of aromatic amines is 1. The van der Waals surface area contributed by atoms with Crippen LogP contribution in [0.5, 0.6) is 0 Å². The summed E-state index contributed by atoms with van der Waals surface area (Å²) in [6.45, 7) is 0. The second kappa shape index (κ2) is 3.25. The van der Waals surface area contributed by atoms with E-state index in [-0.39, 0.29) is 10.6 Å². The molecule has 0 aliphatic rings. The number of nitrogens with one attached hydrogen (secondary N) is 1. The molecule has 0 saturated carbocycles. The first kappa shape index (κ1) is 9.48. The van der Waals surface area contributed by atoms with Gasteiger partial charge in [0.25, 0.3) is 0 Å². The molecular formula is C7H7Cl2N5. The number of H-pyrrole nitrogens is 1. The number of imidazole rings is 1. The third-order valence-electron chi connectivity index (χ3n) is 1.70. The van der Waals surface area contributed by atoms with Crippen molar-refractivity contribution in [3.8, 4) is 0 Å². The van der Waals surface area contributed by atoms with Gasteiger partial charge in [0.05, 0.1) is 0 Å². The summed E-state index contributed by atoms with van der Waals surface area (Å²) in [4.78, 5) is 16.6. The molecule has 14 heavy (non-hydrogen) atoms. The van der Waals surface area contributed by atoms with Crippen LogP contribution in [0, 0.1) is 0 Å². The molecule has 74 valence electrons. The van der Waals surface area contributed by atoms with Crippen molar-refractivity contribution in [2.75, 3.05) is 19.0 Å². The van der Waals surface area contributed by atoms with Gasteiger partial charge in [-0.05, 0) is 23.2 Å². The van der Waals surface area contributed by atoms with Crippen LogP contribution in [0.25, 0.3) is 11.2 Å². The molecular weight excluding hydrogens is 225 g/mol. The minimum Gasteiger partial charge on any atom is -0.361 e. The number of hydrogen-bond acceptors (Lipinski definition) is 4. The van der Waals surface area contributed by atoms with Crippen molar-refractivity contribution in [2.45, 2.75) is 0 Å². The SMILES string of the molecule is CN(C)c1nc(Cl)nc2nc(Cl)[nH]c12. The van der Waals surface area contributed by atoms with Crippen molar-refractivity contribution in [1.29, 1.82) is 0 Å². The summed E-state index contributed by atoms with van der Waals surface area (Å²) in [7, 11) is 3.71. The van der Waals surface area contributed by atoms with Gasteiger partial charge in [-0.2, -0.15) is 15.0 Å². The van der Waals surface area contributed by atoms with E-state index in [9.17, 15) is 0 Å². The Morgan fingerprint density at radius 2 is 1.86 bits per heavy atom. The van der Waals surface area contributed by atoms with Crippen LogP contribution in [0.15, 0.2) is 0 Å². The Morgan fingerprint density at radius 1 is 1.14 bits per heavy atom. The first-order valence-electron chi connectivity index (χ1n) is 3.84. The Kier molecular flexibility index (Phi) is 2.20. The average Bonchev–Trinajstić information content (AvgIpc) is 2.42. The van der Waals surface area contributed by atoms with Gasteiger partial charge >= 0.3 is 0 Å². The topological polar surface area (TPSA) is 57.7 Å². The Labute approximate surface area is 90.1 Å². The van der Waals surface area contributed by atoms with Gasteiger partial charge in [0, 0.05) is 14.1 Å². The minimum atomic E-state index is 0.157. The minimum absolute atomic E-state index is 0.157. The lowest BCUT2D eigenvalue weighted by molar-refractivity contribution is 1.06. The monoisotopic (exact) mass is 231 g/mol. The Bertz CT molecular complexity index is 478. The zero-order valence-corrected chi connectivity index (χ0v) is 9.06. The summed E-state index contributed by atoms with van der Waals surface area (Å²) in [6, 6.07) is 0. The van der Waals surface area contributed by atoms with Crippen molar-refractivity contribution in [2.24, 2.45) is 0 Å². The predicted molar refractivity (Wildman–Crippen MR) is 56.0 cm³/mol. The van der Waals surface area contributed by atoms with E-state index in [1.165, 1.54) is 0 Å². The first-order chi connectivity index (χ1) is 6.58. The van der Waals surface area contributed by atoms with Crippen LogP contribution in [0.1, 0.15) is 0 Å². The third kappa shape index (κ3) is 1.49. The van der Waals surface area contributed by atoms with E-state index in [0.717, 1.165) is 0 Å². The van der Waals surface area contributed by atoms with Crippen LogP contribution in [-0.2, 0) is 0 Å². The number of fused-ring (bicyclic) bond motifs is 1. The van der Waals surface area contributed by atoms with E-state index in [4.69, 9.17) is 23.2 Å². The van der Waals surface area contributed by atoms with Crippen LogP contribution >= 0.6 is 23.2 Å². The molecule has 1 N–H and O–H groups in total. The van der Waals surface area contributed by atoms with Crippen LogP contribution < -0.4 is 4.90 Å². The van der Waals surface area contributed by atoms with E-state index >= 15 is 0 Å². The molecule has 0 aliphatic carbocycles. The highest BCUT2D eigenvalue weighted by Gasteiger charge is 2.12. The molecule has 0 saturated heterocycles. The Morgan fingerprint density at radius 3 is 2.50 bits per heavy atom. The fraction of sp³-hybridized carbons (Fsp3) is 0.286. The maximum Gasteiger partial charge on any atom is 0.226 e. The summed E-state index contributed by atoms with van der Waals surface area (Å²) in [5, 5.41) is 0.434. The Balaban J connectivity index is 2.79. The van der Waals surface area contributed by atoms with Gasteiger partial charge in [-0.1, -0.05) is 0 Å². The molecule has 0 atom stereocenters. The fourth-order valence-corrected chi connectivity index (χ4v) is 1.49. The van der Waals surface area contributed by atoms with Crippen LogP contribution in [-0.4, -0.2) is 34.0 Å². The highest BCUT2D eigenvalue weighted by molar-refractivity contribution is 6.30. The molecule has 5 nitrogen and oxygen atoms in total. The molecule has 0 unspecified atom stereocenters. The number of nitrogens with zero attached hydrogens (tertiary/aromatic N) is 4. The number of aromatic nitrogens is 4. The maximum absolute atomic E-state index is 5.73. The average molecular weight is 232 g/mol. The first-order valence-corrected chi connectivity index (χ1v) is 4.59. The smallest absolute Gasteiger partial charge is 0.226 e. The van der Waals surface area contributed by atoms with E-state index < -0.39 is 0 Å². The summed E-state index contributed by atoms with van der Waals surface area (Å²) in [5.74, 6) is 0.666. The molecule has 0 fully saturated rings. The molecule has 2 rings (SSSR count). The van der Waals surface area contributed by atoms with Gasteiger partial charge < -0.3 is 9.88 Å². The number of rotatable bonds is 1. The van der Waals surface area contributed by atoms with E-state index in [2.05, 4.69) is 19.9 Å². The van der Waals surface area contributed by atoms with E-state index in [1.807, 2.05) is 19.0 Å². The quantitative estimate of drug-likeness (QED) is 0.600. The molecule has 2 heterocycles. The van der Waals surface area contributed by atoms with Gasteiger partial charge in [0.2, 0.25) is 10.6 Å². The molecule has 7 heteroatoms. The highest BCUT2D eigenvalue weighted by Crippen LogP contribution is 2.23. The van der Waals surface area contributed by atoms with E-state index in [0.29, 0.717) is 17.0 Å². The van der Waals surface area contributed by atoms with Crippen molar-refractivity contribution >= 4 is 40.2 Å². The standard InChI is InChI=1S/C7H7Cl2N5/c1-14(2)5-3-4(11-6(8)10-3)12-7(9)13-5/h1-2H3,(H,10,11,12,13).